The van der Waals surface area contributed by atoms with Crippen LogP contribution in [0.15, 0.2) is 0 Å². The number of carbonyl (C=O) groups is 4. The molecule has 0 aromatic heterocycles. The van der Waals surface area contributed by atoms with Crippen molar-refractivity contribution < 1.29 is 80.2 Å². The molecule has 0 spiro atoms. The highest BCUT2D eigenvalue weighted by molar-refractivity contribution is 7.47. The molecule has 0 saturated carbocycles. The average Bonchev–Trinajstić information content (AvgIpc) is 0.963. The summed E-state index contributed by atoms with van der Waals surface area (Å²) in [5, 5.41) is 10.6. The molecule has 0 heterocycles. The van der Waals surface area contributed by atoms with Crippen molar-refractivity contribution in [2.24, 2.45) is 0 Å². The fourth-order valence-corrected chi connectivity index (χ4v) is 14.0. The number of carbonyl (C=O) groups excluding carboxylic acids is 4. The number of phosphoric ester groups is 2. The Morgan fingerprint density at radius 3 is 0.596 bits per heavy atom. The van der Waals surface area contributed by atoms with Crippen LogP contribution < -0.4 is 0 Å². The molecule has 19 heteroatoms. The number of hydrogen-bond donors (Lipinski definition) is 3. The second kappa shape index (κ2) is 74.3. The molecule has 3 N–H and O–H groups in total. The fraction of sp³-hybridized carbons (Fsp3) is 0.950. The zero-order valence-corrected chi connectivity index (χ0v) is 66.3. The SMILES string of the molecule is CCCCCCCCCCCCCCCCCCCCCCC(=O)OC[C@H](COP(=O)(O)OC[C@@H](O)COP(=O)(O)OC[C@@H](COC(=O)CCCCCCC)OC(=O)CCCCCCCCCCCCCCCC)OC(=O)CCCCCCCCCCCCCCCCCCCCCC. The Labute approximate surface area is 607 Å². The Balaban J connectivity index is 5.11. The Kier molecular flexibility index (Phi) is 72.9. The number of phosphoric acid groups is 2. The lowest BCUT2D eigenvalue weighted by atomic mass is 10.0. The number of ether oxygens (including phenoxy) is 4. The second-order valence-electron chi connectivity index (χ2n) is 28.8. The van der Waals surface area contributed by atoms with Crippen LogP contribution in [0.25, 0.3) is 0 Å². The predicted octanol–water partition coefficient (Wildman–Crippen LogP) is 24.2. The van der Waals surface area contributed by atoms with E-state index in [4.69, 9.17) is 37.0 Å². The highest BCUT2D eigenvalue weighted by Gasteiger charge is 2.30. The zero-order valence-electron chi connectivity index (χ0n) is 64.5. The van der Waals surface area contributed by atoms with Crippen LogP contribution in [0.1, 0.15) is 432 Å². The van der Waals surface area contributed by atoms with Gasteiger partial charge < -0.3 is 33.8 Å². The van der Waals surface area contributed by atoms with E-state index in [1.807, 2.05) is 0 Å². The summed E-state index contributed by atoms with van der Waals surface area (Å²) in [5.74, 6) is -2.12. The Bertz CT molecular complexity index is 1880. The van der Waals surface area contributed by atoms with E-state index in [2.05, 4.69) is 27.7 Å². The van der Waals surface area contributed by atoms with Gasteiger partial charge in [0.1, 0.15) is 19.3 Å². The van der Waals surface area contributed by atoms with Crippen LogP contribution in [-0.4, -0.2) is 96.7 Å². The maximum Gasteiger partial charge on any atom is 0.472 e. The van der Waals surface area contributed by atoms with E-state index in [0.717, 1.165) is 96.3 Å². The molecular weight excluding hydrogens is 1290 g/mol. The van der Waals surface area contributed by atoms with Gasteiger partial charge in [-0.25, -0.2) is 9.13 Å². The normalized spacial score (nSPS) is 13.8. The Morgan fingerprint density at radius 2 is 0.404 bits per heavy atom. The van der Waals surface area contributed by atoms with Gasteiger partial charge in [-0.05, 0) is 25.7 Å². The predicted molar refractivity (Wildman–Crippen MR) is 405 cm³/mol. The van der Waals surface area contributed by atoms with E-state index < -0.39 is 97.5 Å². The van der Waals surface area contributed by atoms with Crippen LogP contribution in [0, 0.1) is 0 Å². The number of aliphatic hydroxyl groups is 1. The third-order valence-electron chi connectivity index (χ3n) is 18.9. The van der Waals surface area contributed by atoms with Crippen molar-refractivity contribution in [2.75, 3.05) is 39.6 Å². The second-order valence-corrected chi connectivity index (χ2v) is 31.7. The molecule has 0 rings (SSSR count). The standard InChI is InChI=1S/C80H156O17P2/c1-5-9-13-17-20-23-26-29-32-34-36-38-40-42-45-47-50-53-57-61-65-78(83)91-71-76(97-80(85)67-63-59-55-52-49-46-43-41-39-37-35-33-30-27-24-21-18-14-10-6-2)73-95-99(88,89)93-69-74(81)68-92-98(86,87)94-72-75(70-90-77(82)64-60-56-16-12-8-4)96-79(84)66-62-58-54-51-48-44-31-28-25-22-19-15-11-7-3/h74-76,81H,5-73H2,1-4H3,(H,86,87)(H,88,89)/t74-,75+,76+/m0/s1. The van der Waals surface area contributed by atoms with Gasteiger partial charge in [-0.2, -0.15) is 0 Å². The first-order chi connectivity index (χ1) is 48.2. The van der Waals surface area contributed by atoms with Gasteiger partial charge in [0.25, 0.3) is 0 Å². The summed E-state index contributed by atoms with van der Waals surface area (Å²) in [7, 11) is -9.90. The molecule has 0 fully saturated rings. The molecule has 0 bridgehead atoms. The van der Waals surface area contributed by atoms with Gasteiger partial charge in [0.15, 0.2) is 12.2 Å². The van der Waals surface area contributed by atoms with E-state index in [1.165, 1.54) is 257 Å². The van der Waals surface area contributed by atoms with Gasteiger partial charge >= 0.3 is 39.5 Å². The number of unbranched alkanes of at least 4 members (excludes halogenated alkanes) is 55. The van der Waals surface area contributed by atoms with E-state index in [9.17, 15) is 43.2 Å². The molecule has 0 aromatic carbocycles. The maximum atomic E-state index is 13.1. The van der Waals surface area contributed by atoms with Gasteiger partial charge in [-0.1, -0.05) is 381 Å². The van der Waals surface area contributed by atoms with Crippen molar-refractivity contribution in [2.45, 2.75) is 451 Å². The number of aliphatic hydroxyl groups excluding tert-OH is 1. The lowest BCUT2D eigenvalue weighted by Gasteiger charge is -2.21. The molecule has 0 aliphatic rings. The summed E-state index contributed by atoms with van der Waals surface area (Å²) in [5.41, 5.74) is 0. The minimum atomic E-state index is -4.96. The molecule has 0 saturated heterocycles. The quantitative estimate of drug-likeness (QED) is 0.0222. The van der Waals surface area contributed by atoms with Gasteiger partial charge in [-0.15, -0.1) is 0 Å². The van der Waals surface area contributed by atoms with Crippen molar-refractivity contribution in [3.63, 3.8) is 0 Å². The molecule has 0 amide bonds. The largest absolute Gasteiger partial charge is 0.472 e. The summed E-state index contributed by atoms with van der Waals surface area (Å²) < 4.78 is 68.4. The molecule has 99 heavy (non-hydrogen) atoms. The van der Waals surface area contributed by atoms with Crippen molar-refractivity contribution in [3.8, 4) is 0 Å². The summed E-state index contributed by atoms with van der Waals surface area (Å²) in [4.78, 5) is 72.7. The topological polar surface area (TPSA) is 237 Å². The van der Waals surface area contributed by atoms with Crippen LogP contribution in [0.5, 0.6) is 0 Å². The fourth-order valence-electron chi connectivity index (χ4n) is 12.5. The zero-order chi connectivity index (χ0) is 72.5. The summed E-state index contributed by atoms with van der Waals surface area (Å²) in [6.07, 6.45) is 67.2. The smallest absolute Gasteiger partial charge is 0.462 e. The van der Waals surface area contributed by atoms with Crippen molar-refractivity contribution in [3.05, 3.63) is 0 Å². The van der Waals surface area contributed by atoms with Crippen molar-refractivity contribution >= 4 is 39.5 Å². The minimum Gasteiger partial charge on any atom is -0.462 e. The first-order valence-corrected chi connectivity index (χ1v) is 44.8. The number of esters is 4. The molecular formula is C80H156O17P2. The van der Waals surface area contributed by atoms with E-state index >= 15 is 0 Å². The van der Waals surface area contributed by atoms with E-state index in [0.29, 0.717) is 25.7 Å². The molecule has 0 aliphatic heterocycles. The van der Waals surface area contributed by atoms with E-state index in [1.54, 1.807) is 0 Å². The highest BCUT2D eigenvalue weighted by atomic mass is 31.2. The third kappa shape index (κ3) is 74.1. The molecule has 17 nitrogen and oxygen atoms in total. The number of rotatable bonds is 81. The lowest BCUT2D eigenvalue weighted by molar-refractivity contribution is -0.161. The first kappa shape index (κ1) is 97.1. The molecule has 0 aromatic rings. The van der Waals surface area contributed by atoms with Crippen LogP contribution >= 0.6 is 15.6 Å². The van der Waals surface area contributed by atoms with E-state index in [-0.39, 0.29) is 25.7 Å². The molecule has 5 atom stereocenters. The van der Waals surface area contributed by atoms with Crippen LogP contribution in [-0.2, 0) is 65.4 Å². The first-order valence-electron chi connectivity index (χ1n) is 41.8. The number of hydrogen-bond acceptors (Lipinski definition) is 15. The molecule has 0 radical (unpaired) electrons. The third-order valence-corrected chi connectivity index (χ3v) is 20.8. The highest BCUT2D eigenvalue weighted by Crippen LogP contribution is 2.45. The summed E-state index contributed by atoms with van der Waals surface area (Å²) in [6, 6.07) is 0. The monoisotopic (exact) mass is 1450 g/mol. The summed E-state index contributed by atoms with van der Waals surface area (Å²) >= 11 is 0. The molecule has 0 aliphatic carbocycles. The minimum absolute atomic E-state index is 0.108. The van der Waals surface area contributed by atoms with Crippen LogP contribution in [0.3, 0.4) is 0 Å². The molecule has 2 unspecified atom stereocenters. The van der Waals surface area contributed by atoms with Gasteiger partial charge in [0, 0.05) is 25.7 Å². The van der Waals surface area contributed by atoms with Crippen LogP contribution in [0.4, 0.5) is 0 Å². The van der Waals surface area contributed by atoms with Gasteiger partial charge in [0.2, 0.25) is 0 Å². The van der Waals surface area contributed by atoms with Gasteiger partial charge in [0.05, 0.1) is 26.4 Å². The van der Waals surface area contributed by atoms with Gasteiger partial charge in [-0.3, -0.25) is 37.3 Å². The summed E-state index contributed by atoms with van der Waals surface area (Å²) in [6.45, 7) is 4.93. The van der Waals surface area contributed by atoms with Crippen molar-refractivity contribution in [1.29, 1.82) is 0 Å². The Morgan fingerprint density at radius 1 is 0.242 bits per heavy atom. The maximum absolute atomic E-state index is 13.1. The lowest BCUT2D eigenvalue weighted by Crippen LogP contribution is -2.30. The van der Waals surface area contributed by atoms with Crippen LogP contribution in [0.2, 0.25) is 0 Å². The average molecular weight is 1450 g/mol. The Hall–Kier alpha value is -1.94. The van der Waals surface area contributed by atoms with Crippen molar-refractivity contribution in [1.82, 2.24) is 0 Å². The molecule has 588 valence electrons.